The Morgan fingerprint density at radius 3 is 2.15 bits per heavy atom. The first-order chi connectivity index (χ1) is 18.3. The molecule has 0 bridgehead atoms. The zero-order valence-electron chi connectivity index (χ0n) is 23.0. The predicted molar refractivity (Wildman–Crippen MR) is 146 cm³/mol. The van der Waals surface area contributed by atoms with E-state index in [1.54, 1.807) is 57.2 Å². The minimum absolute atomic E-state index is 0.00708. The molecule has 0 aliphatic carbocycles. The second-order valence-electron chi connectivity index (χ2n) is 9.95. The van der Waals surface area contributed by atoms with Gasteiger partial charge >= 0.3 is 6.09 Å². The van der Waals surface area contributed by atoms with Crippen LogP contribution in [-0.2, 0) is 19.1 Å². The number of nitrogens with one attached hydrogen (secondary N) is 2. The largest absolute Gasteiger partial charge is 0.508 e. The number of amides is 4. The lowest BCUT2D eigenvalue weighted by Gasteiger charge is -2.34. The number of phenolic OH excluding ortho intramolecular Hbond substituents is 1. The Morgan fingerprint density at radius 1 is 1.03 bits per heavy atom. The topological polar surface area (TPSA) is 160 Å². The zero-order valence-corrected chi connectivity index (χ0v) is 23.0. The molecule has 39 heavy (non-hydrogen) atoms. The highest BCUT2D eigenvalue weighted by Gasteiger charge is 2.36. The molecule has 2 aromatic rings. The Morgan fingerprint density at radius 2 is 1.64 bits per heavy atom. The second kappa shape index (κ2) is 14.0. The van der Waals surface area contributed by atoms with Crippen molar-refractivity contribution >= 4 is 29.5 Å². The maximum atomic E-state index is 13.9. The number of nitrogens with two attached hydrogens (primary N) is 1. The van der Waals surface area contributed by atoms with Gasteiger partial charge in [0.15, 0.2) is 0 Å². The molecule has 0 saturated carbocycles. The summed E-state index contributed by atoms with van der Waals surface area (Å²) >= 11 is 0. The molecule has 11 nitrogen and oxygen atoms in total. The summed E-state index contributed by atoms with van der Waals surface area (Å²) in [4.78, 5) is 53.1. The molecular formula is C28H38N4O7. The molecule has 0 saturated heterocycles. The zero-order chi connectivity index (χ0) is 29.2. The molecule has 2 atom stereocenters. The fourth-order valence-electron chi connectivity index (χ4n) is 3.82. The minimum atomic E-state index is -1.19. The fraction of sp³-hybridized carbons (Fsp3) is 0.429. The molecule has 11 heteroatoms. The molecule has 0 heterocycles. The smallest absolute Gasteiger partial charge is 0.408 e. The summed E-state index contributed by atoms with van der Waals surface area (Å²) in [5.41, 5.74) is 5.42. The first-order valence-electron chi connectivity index (χ1n) is 12.7. The molecule has 2 aromatic carbocycles. The van der Waals surface area contributed by atoms with Gasteiger partial charge in [0.1, 0.15) is 29.2 Å². The van der Waals surface area contributed by atoms with Gasteiger partial charge in [0.2, 0.25) is 11.8 Å². The van der Waals surface area contributed by atoms with E-state index in [9.17, 15) is 24.3 Å². The Kier molecular flexibility index (Phi) is 11.1. The normalized spacial score (nSPS) is 12.5. The van der Waals surface area contributed by atoms with Crippen molar-refractivity contribution in [3.63, 3.8) is 0 Å². The molecule has 0 radical (unpaired) electrons. The summed E-state index contributed by atoms with van der Waals surface area (Å²) in [5, 5.41) is 15.2. The number of methoxy groups -OCH3 is 1. The summed E-state index contributed by atoms with van der Waals surface area (Å²) in [6, 6.07) is 10.3. The third-order valence-electron chi connectivity index (χ3n) is 5.54. The number of nitrogens with zero attached hydrogens (tertiary/aromatic N) is 1. The van der Waals surface area contributed by atoms with E-state index in [1.165, 1.54) is 24.1 Å². The maximum Gasteiger partial charge on any atom is 0.408 e. The van der Waals surface area contributed by atoms with Crippen molar-refractivity contribution in [3.8, 4) is 11.5 Å². The van der Waals surface area contributed by atoms with Crippen LogP contribution >= 0.6 is 0 Å². The molecule has 2 unspecified atom stereocenters. The number of aromatic hydroxyl groups is 1. The first kappa shape index (κ1) is 30.9. The van der Waals surface area contributed by atoms with E-state index >= 15 is 0 Å². The molecule has 0 aliphatic rings. The van der Waals surface area contributed by atoms with Crippen LogP contribution in [0.5, 0.6) is 11.5 Å². The third kappa shape index (κ3) is 9.84. The number of hydrogen-bond donors (Lipinski definition) is 4. The molecule has 4 amide bonds. The standard InChI is InChI=1S/C28H38N4O7/c1-6-17-32(26(36)22(15-16-23(29)34)31-27(37)39-28(2,3)4)24(18-7-11-20(33)12-8-18)25(35)30-19-9-13-21(38-5)14-10-19/h7-14,22,24,33H,6,15-17H2,1-5H3,(H2,29,34)(H,30,35)(H,31,37). The number of phenols is 1. The predicted octanol–water partition coefficient (Wildman–Crippen LogP) is 3.48. The van der Waals surface area contributed by atoms with Crippen LogP contribution < -0.4 is 21.1 Å². The second-order valence-corrected chi connectivity index (χ2v) is 9.95. The van der Waals surface area contributed by atoms with Gasteiger partial charge in [-0.25, -0.2) is 4.79 Å². The summed E-state index contributed by atoms with van der Waals surface area (Å²) in [7, 11) is 1.53. The van der Waals surface area contributed by atoms with Crippen LogP contribution in [0.3, 0.4) is 0 Å². The SMILES string of the molecule is CCCN(C(=O)C(CCC(N)=O)NC(=O)OC(C)(C)C)C(C(=O)Nc1ccc(OC)cc1)c1ccc(O)cc1. The Hall–Kier alpha value is -4.28. The minimum Gasteiger partial charge on any atom is -0.508 e. The van der Waals surface area contributed by atoms with Gasteiger partial charge in [-0.3, -0.25) is 14.4 Å². The molecule has 0 fully saturated rings. The summed E-state index contributed by atoms with van der Waals surface area (Å²) in [6.07, 6.45) is -0.611. The lowest BCUT2D eigenvalue weighted by molar-refractivity contribution is -0.141. The van der Waals surface area contributed by atoms with Gasteiger partial charge in [-0.15, -0.1) is 0 Å². The average Bonchev–Trinajstić information content (AvgIpc) is 2.86. The van der Waals surface area contributed by atoms with Gasteiger partial charge in [0.25, 0.3) is 5.91 Å². The third-order valence-corrected chi connectivity index (χ3v) is 5.54. The number of rotatable bonds is 12. The molecule has 0 aromatic heterocycles. The number of ether oxygens (including phenoxy) is 2. The lowest BCUT2D eigenvalue weighted by atomic mass is 10.0. The van der Waals surface area contributed by atoms with Crippen molar-refractivity contribution in [1.82, 2.24) is 10.2 Å². The molecule has 2 rings (SSSR count). The molecule has 0 aliphatic heterocycles. The summed E-state index contributed by atoms with van der Waals surface area (Å²) < 4.78 is 10.5. The Bertz CT molecular complexity index is 1130. The van der Waals surface area contributed by atoms with Gasteiger partial charge < -0.3 is 35.8 Å². The van der Waals surface area contributed by atoms with Crippen LogP contribution in [0.1, 0.15) is 58.6 Å². The summed E-state index contributed by atoms with van der Waals surface area (Å²) in [6.45, 7) is 7.04. The highest BCUT2D eigenvalue weighted by atomic mass is 16.6. The van der Waals surface area contributed by atoms with E-state index in [0.29, 0.717) is 23.4 Å². The van der Waals surface area contributed by atoms with Gasteiger partial charge in [0, 0.05) is 18.7 Å². The van der Waals surface area contributed by atoms with Crippen LogP contribution in [0.2, 0.25) is 0 Å². The van der Waals surface area contributed by atoms with Crippen LogP contribution in [0, 0.1) is 0 Å². The maximum absolute atomic E-state index is 13.9. The van der Waals surface area contributed by atoms with E-state index in [1.807, 2.05) is 6.92 Å². The number of benzene rings is 2. The molecular weight excluding hydrogens is 504 g/mol. The van der Waals surface area contributed by atoms with Gasteiger partial charge in [0.05, 0.1) is 7.11 Å². The Balaban J connectivity index is 2.47. The first-order valence-corrected chi connectivity index (χ1v) is 12.7. The van der Waals surface area contributed by atoms with Crippen molar-refractivity contribution in [2.24, 2.45) is 5.73 Å². The van der Waals surface area contributed by atoms with Gasteiger partial charge in [-0.2, -0.15) is 0 Å². The van der Waals surface area contributed by atoms with E-state index in [-0.39, 0.29) is 25.1 Å². The van der Waals surface area contributed by atoms with Crippen molar-refractivity contribution in [1.29, 1.82) is 0 Å². The van der Waals surface area contributed by atoms with E-state index in [4.69, 9.17) is 15.2 Å². The highest BCUT2D eigenvalue weighted by molar-refractivity contribution is 5.99. The van der Waals surface area contributed by atoms with Crippen molar-refractivity contribution in [3.05, 3.63) is 54.1 Å². The molecule has 0 spiro atoms. The number of hydrogen-bond acceptors (Lipinski definition) is 7. The quantitative estimate of drug-likeness (QED) is 0.319. The number of alkyl carbamates (subject to hydrolysis) is 1. The molecule has 5 N–H and O–H groups in total. The van der Waals surface area contributed by atoms with Gasteiger partial charge in [-0.05, 0) is 75.6 Å². The van der Waals surface area contributed by atoms with Crippen molar-refractivity contribution in [2.75, 3.05) is 19.0 Å². The van der Waals surface area contributed by atoms with Gasteiger partial charge in [-0.1, -0.05) is 19.1 Å². The van der Waals surface area contributed by atoms with Crippen molar-refractivity contribution < 1.29 is 33.8 Å². The molecule has 212 valence electrons. The monoisotopic (exact) mass is 542 g/mol. The number of primary amides is 1. The van der Waals surface area contributed by atoms with Crippen molar-refractivity contribution in [2.45, 2.75) is 64.6 Å². The average molecular weight is 543 g/mol. The lowest BCUT2D eigenvalue weighted by Crippen LogP contribution is -2.52. The van der Waals surface area contributed by atoms with E-state index in [2.05, 4.69) is 10.6 Å². The summed E-state index contributed by atoms with van der Waals surface area (Å²) in [5.74, 6) is -1.15. The Labute approximate surface area is 228 Å². The van der Waals surface area contributed by atoms with E-state index < -0.39 is 41.5 Å². The van der Waals surface area contributed by atoms with Crippen LogP contribution in [-0.4, -0.2) is 59.1 Å². The number of anilines is 1. The number of carbonyl (C=O) groups excluding carboxylic acids is 4. The van der Waals surface area contributed by atoms with E-state index in [0.717, 1.165) is 0 Å². The van der Waals surface area contributed by atoms with Crippen LogP contribution in [0.25, 0.3) is 0 Å². The number of carbonyl (C=O) groups is 4. The van der Waals surface area contributed by atoms with Crippen LogP contribution in [0.4, 0.5) is 10.5 Å². The fourth-order valence-corrected chi connectivity index (χ4v) is 3.82. The van der Waals surface area contributed by atoms with Crippen LogP contribution in [0.15, 0.2) is 48.5 Å². The highest BCUT2D eigenvalue weighted by Crippen LogP contribution is 2.27.